The second-order valence-electron chi connectivity index (χ2n) is 4.90. The van der Waals surface area contributed by atoms with Crippen molar-refractivity contribution in [2.45, 2.75) is 33.1 Å². The third-order valence-electron chi connectivity index (χ3n) is 3.24. The van der Waals surface area contributed by atoms with Crippen LogP contribution in [0.5, 0.6) is 0 Å². The Hall–Kier alpha value is -1.23. The van der Waals surface area contributed by atoms with Crippen molar-refractivity contribution in [3.63, 3.8) is 0 Å². The van der Waals surface area contributed by atoms with E-state index in [1.165, 1.54) is 12.1 Å². The van der Waals surface area contributed by atoms with Gasteiger partial charge < -0.3 is 10.0 Å². The number of nitrogens with zero attached hydrogens (tertiary/aromatic N) is 1. The lowest BCUT2D eigenvalue weighted by molar-refractivity contribution is -0.137. The van der Waals surface area contributed by atoms with Crippen molar-refractivity contribution in [1.82, 2.24) is 0 Å². The van der Waals surface area contributed by atoms with Crippen LogP contribution in [0.25, 0.3) is 0 Å². The second-order valence-corrected chi connectivity index (χ2v) is 4.90. The summed E-state index contributed by atoms with van der Waals surface area (Å²) >= 11 is 0. The van der Waals surface area contributed by atoms with E-state index >= 15 is 0 Å². The van der Waals surface area contributed by atoms with Gasteiger partial charge in [0.1, 0.15) is 0 Å². The van der Waals surface area contributed by atoms with E-state index < -0.39 is 18.3 Å². The van der Waals surface area contributed by atoms with Crippen molar-refractivity contribution in [2.24, 2.45) is 5.92 Å². The minimum Gasteiger partial charge on any atom is -0.392 e. The number of anilines is 1. The number of benzene rings is 1. The zero-order chi connectivity index (χ0) is 14.6. The van der Waals surface area contributed by atoms with Crippen LogP contribution >= 0.6 is 0 Å². The summed E-state index contributed by atoms with van der Waals surface area (Å²) in [5.74, 6) is 0.323. The van der Waals surface area contributed by atoms with Gasteiger partial charge in [-0.25, -0.2) is 0 Å². The highest BCUT2D eigenvalue weighted by Gasteiger charge is 2.34. The van der Waals surface area contributed by atoms with Gasteiger partial charge in [-0.3, -0.25) is 0 Å². The van der Waals surface area contributed by atoms with E-state index in [-0.39, 0.29) is 11.3 Å². The standard InChI is InChI=1S/C14H20F3NO/c1-4-10(2)8-18(3)13-6-5-11(9-19)7-12(13)14(15,16)17/h5-7,10,19H,4,8-9H2,1-3H3. The molecule has 1 aromatic rings. The maximum absolute atomic E-state index is 13.0. The summed E-state index contributed by atoms with van der Waals surface area (Å²) in [6, 6.07) is 3.97. The topological polar surface area (TPSA) is 23.5 Å². The molecular formula is C14H20F3NO. The van der Waals surface area contributed by atoms with Gasteiger partial charge >= 0.3 is 6.18 Å². The fourth-order valence-electron chi connectivity index (χ4n) is 1.94. The van der Waals surface area contributed by atoms with Crippen LogP contribution in [0.1, 0.15) is 31.4 Å². The molecule has 1 rings (SSSR count). The van der Waals surface area contributed by atoms with Gasteiger partial charge in [-0.15, -0.1) is 0 Å². The molecule has 0 amide bonds. The van der Waals surface area contributed by atoms with Crippen molar-refractivity contribution < 1.29 is 18.3 Å². The minimum absolute atomic E-state index is 0.157. The predicted octanol–water partition coefficient (Wildman–Crippen LogP) is 3.68. The highest BCUT2D eigenvalue weighted by molar-refractivity contribution is 5.56. The van der Waals surface area contributed by atoms with Crippen LogP contribution in [-0.2, 0) is 12.8 Å². The van der Waals surface area contributed by atoms with Crippen molar-refractivity contribution in [3.8, 4) is 0 Å². The van der Waals surface area contributed by atoms with Crippen LogP contribution in [0.3, 0.4) is 0 Å². The third-order valence-corrected chi connectivity index (χ3v) is 3.24. The number of hydrogen-bond donors (Lipinski definition) is 1. The molecule has 0 aliphatic carbocycles. The molecule has 0 aliphatic heterocycles. The number of halogens is 3. The van der Waals surface area contributed by atoms with Gasteiger partial charge in [0.2, 0.25) is 0 Å². The molecule has 1 aromatic carbocycles. The maximum atomic E-state index is 13.0. The third kappa shape index (κ3) is 4.13. The van der Waals surface area contributed by atoms with Crippen LogP contribution in [0.15, 0.2) is 18.2 Å². The molecular weight excluding hydrogens is 255 g/mol. The molecule has 0 aromatic heterocycles. The molecule has 0 aliphatic rings. The summed E-state index contributed by atoms with van der Waals surface area (Å²) in [6.45, 7) is 4.19. The lowest BCUT2D eigenvalue weighted by Crippen LogP contribution is -2.26. The molecule has 0 spiro atoms. The molecule has 19 heavy (non-hydrogen) atoms. The lowest BCUT2D eigenvalue weighted by Gasteiger charge is -2.26. The predicted molar refractivity (Wildman–Crippen MR) is 70.1 cm³/mol. The molecule has 5 heteroatoms. The Balaban J connectivity index is 3.12. The van der Waals surface area contributed by atoms with Crippen molar-refractivity contribution in [3.05, 3.63) is 29.3 Å². The highest BCUT2D eigenvalue weighted by Crippen LogP contribution is 2.37. The molecule has 0 fully saturated rings. The fourth-order valence-corrected chi connectivity index (χ4v) is 1.94. The number of aliphatic hydroxyl groups is 1. The Morgan fingerprint density at radius 2 is 1.95 bits per heavy atom. The first-order valence-corrected chi connectivity index (χ1v) is 6.31. The summed E-state index contributed by atoms with van der Waals surface area (Å²) in [4.78, 5) is 1.62. The normalized spacial score (nSPS) is 13.4. The SMILES string of the molecule is CCC(C)CN(C)c1ccc(CO)cc1C(F)(F)F. The lowest BCUT2D eigenvalue weighted by atomic mass is 10.1. The van der Waals surface area contributed by atoms with E-state index in [4.69, 9.17) is 5.11 Å². The Morgan fingerprint density at radius 1 is 1.32 bits per heavy atom. The van der Waals surface area contributed by atoms with Gasteiger partial charge in [0.15, 0.2) is 0 Å². The Labute approximate surface area is 111 Å². The number of alkyl halides is 3. The fraction of sp³-hybridized carbons (Fsp3) is 0.571. The molecule has 1 atom stereocenters. The second kappa shape index (κ2) is 6.28. The molecule has 108 valence electrons. The van der Waals surface area contributed by atoms with Gasteiger partial charge in [-0.1, -0.05) is 26.3 Å². The van der Waals surface area contributed by atoms with E-state index in [0.29, 0.717) is 12.5 Å². The largest absolute Gasteiger partial charge is 0.418 e. The number of rotatable bonds is 5. The van der Waals surface area contributed by atoms with E-state index in [9.17, 15) is 13.2 Å². The first kappa shape index (κ1) is 15.8. The van der Waals surface area contributed by atoms with Crippen molar-refractivity contribution in [1.29, 1.82) is 0 Å². The van der Waals surface area contributed by atoms with Gasteiger partial charge in [0.05, 0.1) is 12.2 Å². The Bertz CT molecular complexity index is 418. The quantitative estimate of drug-likeness (QED) is 0.886. The first-order valence-electron chi connectivity index (χ1n) is 6.31. The van der Waals surface area contributed by atoms with Crippen LogP contribution in [0.2, 0.25) is 0 Å². The van der Waals surface area contributed by atoms with Crippen molar-refractivity contribution >= 4 is 5.69 Å². The molecule has 2 nitrogen and oxygen atoms in total. The minimum atomic E-state index is -4.41. The summed E-state index contributed by atoms with van der Waals surface area (Å²) in [5, 5.41) is 8.96. The van der Waals surface area contributed by atoms with Gasteiger partial charge in [0.25, 0.3) is 0 Å². The molecule has 0 heterocycles. The molecule has 0 radical (unpaired) electrons. The summed E-state index contributed by atoms with van der Waals surface area (Å²) < 4.78 is 39.1. The van der Waals surface area contributed by atoms with Crippen LogP contribution < -0.4 is 4.90 Å². The van der Waals surface area contributed by atoms with Crippen molar-refractivity contribution in [2.75, 3.05) is 18.5 Å². The van der Waals surface area contributed by atoms with Gasteiger partial charge in [0, 0.05) is 19.3 Å². The number of aliphatic hydroxyl groups excluding tert-OH is 1. The maximum Gasteiger partial charge on any atom is 0.418 e. The van der Waals surface area contributed by atoms with Gasteiger partial charge in [-0.05, 0) is 23.6 Å². The summed E-state index contributed by atoms with van der Waals surface area (Å²) in [6.07, 6.45) is -3.50. The Kier molecular flexibility index (Phi) is 5.23. The van der Waals surface area contributed by atoms with Gasteiger partial charge in [-0.2, -0.15) is 13.2 Å². The van der Waals surface area contributed by atoms with E-state index in [1.54, 1.807) is 11.9 Å². The highest BCUT2D eigenvalue weighted by atomic mass is 19.4. The number of hydrogen-bond acceptors (Lipinski definition) is 2. The van der Waals surface area contributed by atoms with Crippen LogP contribution in [-0.4, -0.2) is 18.7 Å². The van der Waals surface area contributed by atoms with Crippen LogP contribution in [0.4, 0.5) is 18.9 Å². The van der Waals surface area contributed by atoms with Crippen LogP contribution in [0, 0.1) is 5.92 Å². The average Bonchev–Trinajstić information content (AvgIpc) is 2.36. The Morgan fingerprint density at radius 3 is 2.42 bits per heavy atom. The van der Waals surface area contributed by atoms with E-state index in [2.05, 4.69) is 0 Å². The summed E-state index contributed by atoms with van der Waals surface area (Å²) in [7, 11) is 1.66. The van der Waals surface area contributed by atoms with E-state index in [0.717, 1.165) is 12.5 Å². The molecule has 1 N–H and O–H groups in total. The zero-order valence-electron chi connectivity index (χ0n) is 11.5. The monoisotopic (exact) mass is 275 g/mol. The molecule has 0 bridgehead atoms. The smallest absolute Gasteiger partial charge is 0.392 e. The average molecular weight is 275 g/mol. The first-order chi connectivity index (χ1) is 8.79. The molecule has 1 unspecified atom stereocenters. The molecule has 0 saturated heterocycles. The molecule has 0 saturated carbocycles. The zero-order valence-corrected chi connectivity index (χ0v) is 11.5. The van der Waals surface area contributed by atoms with E-state index in [1.807, 2.05) is 13.8 Å². The summed E-state index contributed by atoms with van der Waals surface area (Å²) in [5.41, 5.74) is -0.261.